The van der Waals surface area contributed by atoms with Gasteiger partial charge in [-0.3, -0.25) is 9.69 Å². The summed E-state index contributed by atoms with van der Waals surface area (Å²) in [5.41, 5.74) is 5.32. The number of nitrogens with zero attached hydrogens (tertiary/aromatic N) is 1. The van der Waals surface area contributed by atoms with Crippen LogP contribution >= 0.6 is 0 Å². The second kappa shape index (κ2) is 7.96. The van der Waals surface area contributed by atoms with E-state index in [0.717, 1.165) is 25.9 Å². The molecule has 0 radical (unpaired) electrons. The molecule has 2 atom stereocenters. The van der Waals surface area contributed by atoms with E-state index in [1.54, 1.807) is 0 Å². The molecule has 1 saturated heterocycles. The van der Waals surface area contributed by atoms with Crippen molar-refractivity contribution in [2.75, 3.05) is 26.2 Å². The van der Waals surface area contributed by atoms with E-state index in [1.807, 2.05) is 0 Å². The van der Waals surface area contributed by atoms with Crippen LogP contribution in [0.5, 0.6) is 0 Å². The first kappa shape index (κ1) is 15.7. The first-order chi connectivity index (χ1) is 9.67. The fraction of sp³-hybridized carbons (Fsp3) is 0.933. The number of carbonyl (C=O) groups is 1. The van der Waals surface area contributed by atoms with Crippen molar-refractivity contribution in [3.8, 4) is 0 Å². The maximum atomic E-state index is 11.1. The molecule has 1 saturated carbocycles. The van der Waals surface area contributed by atoms with Crippen LogP contribution in [0.15, 0.2) is 0 Å². The number of likely N-dealkylation sites (tertiary alicyclic amines) is 1. The lowest BCUT2D eigenvalue weighted by molar-refractivity contribution is -0.119. The molecule has 2 aliphatic rings. The summed E-state index contributed by atoms with van der Waals surface area (Å²) in [5, 5.41) is 12.9. The van der Waals surface area contributed by atoms with E-state index in [1.165, 1.54) is 32.1 Å². The van der Waals surface area contributed by atoms with Gasteiger partial charge in [-0.05, 0) is 31.6 Å². The van der Waals surface area contributed by atoms with Gasteiger partial charge in [0.2, 0.25) is 5.91 Å². The predicted octanol–water partition coefficient (Wildman–Crippen LogP) is 0.467. The quantitative estimate of drug-likeness (QED) is 0.662. The first-order valence-electron chi connectivity index (χ1n) is 8.05. The topological polar surface area (TPSA) is 78.6 Å². The molecule has 2 fully saturated rings. The van der Waals surface area contributed by atoms with Crippen LogP contribution < -0.4 is 11.1 Å². The van der Waals surface area contributed by atoms with E-state index in [-0.39, 0.29) is 12.5 Å². The zero-order valence-electron chi connectivity index (χ0n) is 12.4. The van der Waals surface area contributed by atoms with Crippen molar-refractivity contribution < 1.29 is 9.90 Å². The molecule has 1 heterocycles. The number of carbonyl (C=O) groups excluding carboxylic acids is 1. The average molecular weight is 283 g/mol. The second-order valence-corrected chi connectivity index (χ2v) is 6.47. The summed E-state index contributed by atoms with van der Waals surface area (Å²) in [6, 6.07) is 1.07. The van der Waals surface area contributed by atoms with Crippen LogP contribution in [0.25, 0.3) is 0 Å². The molecule has 2 rings (SSSR count). The second-order valence-electron chi connectivity index (χ2n) is 6.47. The van der Waals surface area contributed by atoms with Gasteiger partial charge in [0.15, 0.2) is 0 Å². The summed E-state index contributed by atoms with van der Waals surface area (Å²) in [6.07, 6.45) is 8.49. The van der Waals surface area contributed by atoms with Crippen molar-refractivity contribution in [2.24, 2.45) is 11.7 Å². The zero-order valence-corrected chi connectivity index (χ0v) is 12.4. The lowest BCUT2D eigenvalue weighted by atomic mass is 9.89. The Hall–Kier alpha value is -0.650. The maximum Gasteiger partial charge on any atom is 0.231 e. The maximum absolute atomic E-state index is 11.1. The van der Waals surface area contributed by atoms with Gasteiger partial charge in [0.25, 0.3) is 0 Å². The number of hydrogen-bond acceptors (Lipinski definition) is 4. The van der Waals surface area contributed by atoms with Crippen LogP contribution in [0.2, 0.25) is 0 Å². The smallest absolute Gasteiger partial charge is 0.231 e. The Kier molecular flexibility index (Phi) is 6.26. The molecule has 116 valence electrons. The number of aliphatic hydroxyl groups excluding tert-OH is 1. The third-order valence-corrected chi connectivity index (χ3v) is 4.61. The molecule has 0 aromatic carbocycles. The largest absolute Gasteiger partial charge is 0.396 e. The fourth-order valence-electron chi connectivity index (χ4n) is 3.77. The van der Waals surface area contributed by atoms with Crippen molar-refractivity contribution in [1.29, 1.82) is 0 Å². The minimum absolute atomic E-state index is 0.227. The van der Waals surface area contributed by atoms with Gasteiger partial charge in [-0.15, -0.1) is 0 Å². The average Bonchev–Trinajstić information content (AvgIpc) is 2.39. The fourth-order valence-corrected chi connectivity index (χ4v) is 3.77. The minimum atomic E-state index is -0.258. The third-order valence-electron chi connectivity index (χ3n) is 4.61. The molecule has 1 amide bonds. The summed E-state index contributed by atoms with van der Waals surface area (Å²) in [4.78, 5) is 13.3. The molecule has 0 spiro atoms. The Balaban J connectivity index is 1.86. The Morgan fingerprint density at radius 2 is 1.95 bits per heavy atom. The highest BCUT2D eigenvalue weighted by Gasteiger charge is 2.29. The van der Waals surface area contributed by atoms with E-state index in [4.69, 9.17) is 10.8 Å². The Morgan fingerprint density at radius 3 is 2.60 bits per heavy atom. The van der Waals surface area contributed by atoms with E-state index in [2.05, 4.69) is 10.2 Å². The lowest BCUT2D eigenvalue weighted by Gasteiger charge is -2.39. The lowest BCUT2D eigenvalue weighted by Crippen LogP contribution is -2.53. The summed E-state index contributed by atoms with van der Waals surface area (Å²) >= 11 is 0. The number of hydrogen-bond donors (Lipinski definition) is 3. The van der Waals surface area contributed by atoms with Gasteiger partial charge >= 0.3 is 0 Å². The molecular weight excluding hydrogens is 254 g/mol. The molecule has 0 aromatic rings. The third kappa shape index (κ3) is 5.04. The van der Waals surface area contributed by atoms with Crippen molar-refractivity contribution in [3.63, 3.8) is 0 Å². The molecule has 5 nitrogen and oxygen atoms in total. The highest BCUT2D eigenvalue weighted by molar-refractivity contribution is 5.75. The summed E-state index contributed by atoms with van der Waals surface area (Å²) in [5.74, 6) is 0.209. The highest BCUT2D eigenvalue weighted by atomic mass is 16.3. The predicted molar refractivity (Wildman–Crippen MR) is 79.2 cm³/mol. The molecule has 5 heteroatoms. The van der Waals surface area contributed by atoms with Crippen LogP contribution in [-0.4, -0.2) is 54.2 Å². The van der Waals surface area contributed by atoms with Gasteiger partial charge in [0.05, 0.1) is 6.54 Å². The van der Waals surface area contributed by atoms with Gasteiger partial charge in [-0.2, -0.15) is 0 Å². The standard InChI is InChI=1S/C15H29N3O2/c16-15(20)11-18-9-12(6-7-19)8-14(10-18)17-13-4-2-1-3-5-13/h12-14,17,19H,1-11H2,(H2,16,20). The number of rotatable bonds is 6. The Bertz CT molecular complexity index is 305. The molecule has 1 aliphatic heterocycles. The Labute approximate surface area is 121 Å². The van der Waals surface area contributed by atoms with Crippen molar-refractivity contribution in [2.45, 2.75) is 57.0 Å². The van der Waals surface area contributed by atoms with Crippen LogP contribution in [0.4, 0.5) is 0 Å². The molecular formula is C15H29N3O2. The molecule has 2 unspecified atom stereocenters. The monoisotopic (exact) mass is 283 g/mol. The van der Waals surface area contributed by atoms with Crippen LogP contribution in [-0.2, 0) is 4.79 Å². The van der Waals surface area contributed by atoms with Gasteiger partial charge in [0.1, 0.15) is 0 Å². The molecule has 0 aromatic heterocycles. The molecule has 0 bridgehead atoms. The highest BCUT2D eigenvalue weighted by Crippen LogP contribution is 2.23. The van der Waals surface area contributed by atoms with Crippen molar-refractivity contribution in [1.82, 2.24) is 10.2 Å². The van der Waals surface area contributed by atoms with Gasteiger partial charge < -0.3 is 16.2 Å². The van der Waals surface area contributed by atoms with E-state index in [0.29, 0.717) is 24.5 Å². The number of amides is 1. The normalized spacial score (nSPS) is 29.4. The SMILES string of the molecule is NC(=O)CN1CC(CCO)CC(NC2CCCCC2)C1. The van der Waals surface area contributed by atoms with E-state index < -0.39 is 0 Å². The molecule has 20 heavy (non-hydrogen) atoms. The van der Waals surface area contributed by atoms with Gasteiger partial charge in [0, 0.05) is 31.8 Å². The van der Waals surface area contributed by atoms with Crippen molar-refractivity contribution >= 4 is 5.91 Å². The van der Waals surface area contributed by atoms with E-state index in [9.17, 15) is 4.79 Å². The van der Waals surface area contributed by atoms with E-state index >= 15 is 0 Å². The minimum Gasteiger partial charge on any atom is -0.396 e. The van der Waals surface area contributed by atoms with Gasteiger partial charge in [-0.1, -0.05) is 19.3 Å². The summed E-state index contributed by atoms with van der Waals surface area (Å²) < 4.78 is 0. The van der Waals surface area contributed by atoms with Crippen LogP contribution in [0.1, 0.15) is 44.9 Å². The number of nitrogens with one attached hydrogen (secondary N) is 1. The molecule has 4 N–H and O–H groups in total. The number of aliphatic hydroxyl groups is 1. The number of primary amides is 1. The zero-order chi connectivity index (χ0) is 14.4. The van der Waals surface area contributed by atoms with Crippen molar-refractivity contribution in [3.05, 3.63) is 0 Å². The van der Waals surface area contributed by atoms with Crippen LogP contribution in [0, 0.1) is 5.92 Å². The Morgan fingerprint density at radius 1 is 1.20 bits per heavy atom. The van der Waals surface area contributed by atoms with Gasteiger partial charge in [-0.25, -0.2) is 0 Å². The number of nitrogens with two attached hydrogens (primary N) is 1. The number of piperidine rings is 1. The van der Waals surface area contributed by atoms with Crippen LogP contribution in [0.3, 0.4) is 0 Å². The summed E-state index contributed by atoms with van der Waals surface area (Å²) in [7, 11) is 0. The molecule has 1 aliphatic carbocycles. The summed E-state index contributed by atoms with van der Waals surface area (Å²) in [6.45, 7) is 2.35. The first-order valence-corrected chi connectivity index (χ1v) is 8.05.